The maximum absolute atomic E-state index is 12.4. The molecule has 24 heavy (non-hydrogen) atoms. The van der Waals surface area contributed by atoms with Crippen LogP contribution in [0.3, 0.4) is 0 Å². The summed E-state index contributed by atoms with van der Waals surface area (Å²) in [6.07, 6.45) is 4.14. The zero-order valence-electron chi connectivity index (χ0n) is 12.2. The van der Waals surface area contributed by atoms with Crippen LogP contribution in [0.15, 0.2) is 0 Å². The fourth-order valence-electron chi connectivity index (χ4n) is 3.00. The van der Waals surface area contributed by atoms with Gasteiger partial charge >= 0.3 is 5.97 Å². The number of benzene rings is 1. The second-order valence-electron chi connectivity index (χ2n) is 5.73. The Morgan fingerprint density at radius 2 is 1.38 bits per heavy atom. The minimum atomic E-state index is -0.889. The average Bonchev–Trinajstić information content (AvgIpc) is 3.12. The third-order valence-corrected chi connectivity index (χ3v) is 5.99. The Bertz CT molecular complexity index is 712. The van der Waals surface area contributed by atoms with Crippen molar-refractivity contribution >= 4 is 64.2 Å². The van der Waals surface area contributed by atoms with Crippen molar-refractivity contribution in [3.8, 4) is 0 Å². The number of hydrogen-bond acceptors (Lipinski definition) is 4. The van der Waals surface area contributed by atoms with Gasteiger partial charge in [-0.25, -0.2) is 4.79 Å². The van der Waals surface area contributed by atoms with Crippen molar-refractivity contribution in [3.05, 3.63) is 31.2 Å². The molecule has 0 unspecified atom stereocenters. The van der Waals surface area contributed by atoms with E-state index in [1.54, 1.807) is 0 Å². The molecule has 2 aliphatic rings. The predicted molar refractivity (Wildman–Crippen MR) is 89.6 cm³/mol. The molecule has 1 heterocycles. The summed E-state index contributed by atoms with van der Waals surface area (Å²) in [6.45, 7) is 0. The SMILES string of the molecule is O=C(CC1CCCC1)ON1C(=O)c2c(Cl)c(Cl)c(Cl)c(Cl)c2C1=O. The van der Waals surface area contributed by atoms with Gasteiger partial charge < -0.3 is 4.84 Å². The van der Waals surface area contributed by atoms with E-state index in [0.29, 0.717) is 5.06 Å². The van der Waals surface area contributed by atoms with Crippen LogP contribution in [0.4, 0.5) is 0 Å². The first-order valence-electron chi connectivity index (χ1n) is 7.28. The summed E-state index contributed by atoms with van der Waals surface area (Å²) in [5.74, 6) is -2.22. The highest BCUT2D eigenvalue weighted by Gasteiger charge is 2.44. The van der Waals surface area contributed by atoms with E-state index in [-0.39, 0.29) is 43.6 Å². The van der Waals surface area contributed by atoms with Gasteiger partial charge in [0.25, 0.3) is 11.8 Å². The van der Waals surface area contributed by atoms with Crippen LogP contribution in [0.2, 0.25) is 20.1 Å². The molecule has 5 nitrogen and oxygen atoms in total. The van der Waals surface area contributed by atoms with Gasteiger partial charge in [0.1, 0.15) is 0 Å². The molecule has 0 atom stereocenters. The van der Waals surface area contributed by atoms with Crippen LogP contribution in [0.5, 0.6) is 0 Å². The van der Waals surface area contributed by atoms with Gasteiger partial charge in [-0.2, -0.15) is 0 Å². The molecule has 128 valence electrons. The minimum absolute atomic E-state index is 0.137. The van der Waals surface area contributed by atoms with Gasteiger partial charge in [0.2, 0.25) is 0 Å². The first kappa shape index (κ1) is 17.8. The van der Waals surface area contributed by atoms with E-state index in [2.05, 4.69) is 0 Å². The molecule has 0 saturated heterocycles. The second-order valence-corrected chi connectivity index (χ2v) is 7.24. The molecule has 2 amide bonds. The molecule has 0 radical (unpaired) electrons. The van der Waals surface area contributed by atoms with Crippen molar-refractivity contribution < 1.29 is 19.2 Å². The van der Waals surface area contributed by atoms with Gasteiger partial charge in [-0.3, -0.25) is 9.59 Å². The summed E-state index contributed by atoms with van der Waals surface area (Å²) in [5.41, 5.74) is -0.426. The molecule has 1 aromatic rings. The van der Waals surface area contributed by atoms with E-state index >= 15 is 0 Å². The number of hydroxylamine groups is 2. The Hall–Kier alpha value is -1.01. The molecule has 0 aromatic heterocycles. The zero-order valence-corrected chi connectivity index (χ0v) is 15.2. The molecule has 1 aromatic carbocycles. The highest BCUT2D eigenvalue weighted by atomic mass is 35.5. The second kappa shape index (κ2) is 6.71. The fraction of sp³-hybridized carbons (Fsp3) is 0.400. The van der Waals surface area contributed by atoms with Crippen LogP contribution in [-0.2, 0) is 9.63 Å². The van der Waals surface area contributed by atoms with Gasteiger partial charge in [0.15, 0.2) is 0 Å². The van der Waals surface area contributed by atoms with Crippen LogP contribution in [-0.4, -0.2) is 22.8 Å². The molecule has 9 heteroatoms. The largest absolute Gasteiger partial charge is 0.333 e. The highest BCUT2D eigenvalue weighted by molar-refractivity contribution is 6.55. The topological polar surface area (TPSA) is 63.7 Å². The predicted octanol–water partition coefficient (Wildman–Crippen LogP) is 4.93. The molecule has 0 N–H and O–H groups in total. The van der Waals surface area contributed by atoms with Crippen LogP contribution >= 0.6 is 46.4 Å². The number of imide groups is 1. The Kier molecular flexibility index (Phi) is 4.98. The average molecular weight is 411 g/mol. The number of amides is 2. The number of nitrogens with zero attached hydrogens (tertiary/aromatic N) is 1. The lowest BCUT2D eigenvalue weighted by atomic mass is 10.1. The lowest BCUT2D eigenvalue weighted by Gasteiger charge is -2.14. The highest BCUT2D eigenvalue weighted by Crippen LogP contribution is 2.44. The molecule has 1 aliphatic carbocycles. The normalized spacial score (nSPS) is 17.6. The maximum atomic E-state index is 12.4. The lowest BCUT2D eigenvalue weighted by Crippen LogP contribution is -2.33. The first-order valence-corrected chi connectivity index (χ1v) is 8.79. The minimum Gasteiger partial charge on any atom is -0.330 e. The smallest absolute Gasteiger partial charge is 0.330 e. The van der Waals surface area contributed by atoms with Crippen LogP contribution in [0.1, 0.15) is 52.8 Å². The van der Waals surface area contributed by atoms with Gasteiger partial charge in [-0.15, -0.1) is 0 Å². The first-order chi connectivity index (χ1) is 11.3. The van der Waals surface area contributed by atoms with Crippen molar-refractivity contribution in [2.24, 2.45) is 5.92 Å². The summed E-state index contributed by atoms with van der Waals surface area (Å²) < 4.78 is 0. The summed E-state index contributed by atoms with van der Waals surface area (Å²) in [4.78, 5) is 41.8. The Morgan fingerprint density at radius 1 is 0.917 bits per heavy atom. The van der Waals surface area contributed by atoms with E-state index in [0.717, 1.165) is 25.7 Å². The van der Waals surface area contributed by atoms with Crippen LogP contribution < -0.4 is 0 Å². The van der Waals surface area contributed by atoms with E-state index in [9.17, 15) is 14.4 Å². The Labute approximate surface area is 157 Å². The lowest BCUT2D eigenvalue weighted by molar-refractivity contribution is -0.169. The van der Waals surface area contributed by atoms with E-state index in [4.69, 9.17) is 51.2 Å². The third kappa shape index (κ3) is 2.88. The molecule has 1 fully saturated rings. The number of carbonyl (C=O) groups is 3. The van der Waals surface area contributed by atoms with E-state index < -0.39 is 17.8 Å². The Morgan fingerprint density at radius 3 is 1.83 bits per heavy atom. The molecule has 1 saturated carbocycles. The molecular weight excluding hydrogens is 400 g/mol. The molecule has 0 spiro atoms. The molecule has 1 aliphatic heterocycles. The van der Waals surface area contributed by atoms with Crippen LogP contribution in [0.25, 0.3) is 0 Å². The number of fused-ring (bicyclic) bond motifs is 1. The maximum Gasteiger partial charge on any atom is 0.333 e. The summed E-state index contributed by atoms with van der Waals surface area (Å²) in [7, 11) is 0. The van der Waals surface area contributed by atoms with Crippen molar-refractivity contribution in [3.63, 3.8) is 0 Å². The quantitative estimate of drug-likeness (QED) is 0.402. The standard InChI is InChI=1S/C15H11Cl4NO4/c16-10-8-9(11(17)13(19)12(10)18)15(23)20(14(8)22)24-7(21)5-6-3-1-2-4-6/h6H,1-5H2. The van der Waals surface area contributed by atoms with Crippen LogP contribution in [0, 0.1) is 5.92 Å². The molecule has 3 rings (SSSR count). The Balaban J connectivity index is 1.86. The zero-order chi connectivity index (χ0) is 17.6. The van der Waals surface area contributed by atoms with E-state index in [1.165, 1.54) is 0 Å². The summed E-state index contributed by atoms with van der Waals surface area (Å²) in [5, 5.41) is -0.306. The summed E-state index contributed by atoms with van der Waals surface area (Å²) >= 11 is 23.8. The van der Waals surface area contributed by atoms with Gasteiger partial charge in [-0.05, 0) is 18.8 Å². The third-order valence-electron chi connectivity index (χ3n) is 4.19. The van der Waals surface area contributed by atoms with Crippen molar-refractivity contribution in [2.45, 2.75) is 32.1 Å². The fourth-order valence-corrected chi connectivity index (χ4v) is 4.02. The van der Waals surface area contributed by atoms with Gasteiger partial charge in [0, 0.05) is 0 Å². The number of carbonyl (C=O) groups excluding carboxylic acids is 3. The monoisotopic (exact) mass is 409 g/mol. The van der Waals surface area contributed by atoms with Crippen molar-refractivity contribution in [2.75, 3.05) is 0 Å². The molecular formula is C15H11Cl4NO4. The van der Waals surface area contributed by atoms with Crippen molar-refractivity contribution in [1.82, 2.24) is 5.06 Å². The van der Waals surface area contributed by atoms with Gasteiger partial charge in [-0.1, -0.05) is 64.3 Å². The molecule has 0 bridgehead atoms. The number of hydrogen-bond donors (Lipinski definition) is 0. The number of rotatable bonds is 3. The number of halogens is 4. The van der Waals surface area contributed by atoms with Crippen molar-refractivity contribution in [1.29, 1.82) is 0 Å². The summed E-state index contributed by atoms with van der Waals surface area (Å²) in [6, 6.07) is 0. The van der Waals surface area contributed by atoms with E-state index in [1.807, 2.05) is 0 Å². The van der Waals surface area contributed by atoms with Gasteiger partial charge in [0.05, 0.1) is 37.6 Å².